The van der Waals surface area contributed by atoms with E-state index in [2.05, 4.69) is 50.2 Å². The van der Waals surface area contributed by atoms with Crippen LogP contribution in [0, 0.1) is 5.92 Å². The quantitative estimate of drug-likeness (QED) is 0.622. The molecule has 1 unspecified atom stereocenters. The molecule has 1 aliphatic rings. The van der Waals surface area contributed by atoms with Crippen molar-refractivity contribution in [2.75, 3.05) is 7.05 Å². The monoisotopic (exact) mass is 337 g/mol. The van der Waals surface area contributed by atoms with Gasteiger partial charge in [0.2, 0.25) is 0 Å². The molecule has 25 heavy (non-hydrogen) atoms. The Labute approximate surface area is 152 Å². The molecule has 0 radical (unpaired) electrons. The minimum Gasteiger partial charge on any atom is -0.396 e. The summed E-state index contributed by atoms with van der Waals surface area (Å²) in [6, 6.07) is 16.9. The van der Waals surface area contributed by atoms with E-state index in [1.165, 1.54) is 11.1 Å². The molecule has 2 aromatic carbocycles. The lowest BCUT2D eigenvalue weighted by atomic mass is 9.77. The SMILES string of the molecule is CC.CC(C)C1Cc2ccccc2/C(N(C)N)=C(/N)c2ccccc21. The van der Waals surface area contributed by atoms with Gasteiger partial charge in [-0.2, -0.15) is 0 Å². The summed E-state index contributed by atoms with van der Waals surface area (Å²) in [6.45, 7) is 8.56. The van der Waals surface area contributed by atoms with Gasteiger partial charge in [-0.3, -0.25) is 0 Å². The molecule has 134 valence electrons. The lowest BCUT2D eigenvalue weighted by molar-refractivity contribution is 0.486. The highest BCUT2D eigenvalue weighted by atomic mass is 15.4. The van der Waals surface area contributed by atoms with Crippen LogP contribution in [0.25, 0.3) is 11.4 Å². The number of hydrogen-bond donors (Lipinski definition) is 2. The van der Waals surface area contributed by atoms with Gasteiger partial charge in [0.15, 0.2) is 0 Å². The molecule has 0 heterocycles. The van der Waals surface area contributed by atoms with E-state index in [4.69, 9.17) is 11.6 Å². The Morgan fingerprint density at radius 3 is 2.12 bits per heavy atom. The minimum absolute atomic E-state index is 0.440. The summed E-state index contributed by atoms with van der Waals surface area (Å²) >= 11 is 0. The van der Waals surface area contributed by atoms with Crippen molar-refractivity contribution < 1.29 is 0 Å². The van der Waals surface area contributed by atoms with Crippen LogP contribution in [0.2, 0.25) is 0 Å². The molecule has 0 aliphatic heterocycles. The summed E-state index contributed by atoms with van der Waals surface area (Å²) in [6.07, 6.45) is 0.996. The average Bonchev–Trinajstić information content (AvgIpc) is 2.61. The van der Waals surface area contributed by atoms with E-state index in [9.17, 15) is 0 Å². The number of benzene rings is 2. The van der Waals surface area contributed by atoms with Gasteiger partial charge in [0.05, 0.1) is 11.4 Å². The second kappa shape index (κ2) is 8.21. The molecule has 0 saturated heterocycles. The van der Waals surface area contributed by atoms with Crippen LogP contribution in [-0.4, -0.2) is 12.1 Å². The molecule has 0 amide bonds. The van der Waals surface area contributed by atoms with Crippen molar-refractivity contribution in [1.29, 1.82) is 0 Å². The molecule has 3 rings (SSSR count). The lowest BCUT2D eigenvalue weighted by Gasteiger charge is -2.31. The van der Waals surface area contributed by atoms with E-state index in [1.807, 2.05) is 33.0 Å². The molecule has 3 heteroatoms. The Bertz CT molecular complexity index is 744. The predicted molar refractivity (Wildman–Crippen MR) is 108 cm³/mol. The number of hydrazine groups is 1. The van der Waals surface area contributed by atoms with Gasteiger partial charge in [0.1, 0.15) is 0 Å². The molecule has 3 nitrogen and oxygen atoms in total. The normalized spacial score (nSPS) is 19.1. The molecular formula is C22H31N3. The Morgan fingerprint density at radius 1 is 0.960 bits per heavy atom. The fraction of sp³-hybridized carbons (Fsp3) is 0.364. The third kappa shape index (κ3) is 3.72. The van der Waals surface area contributed by atoms with Crippen molar-refractivity contribution in [3.05, 3.63) is 70.8 Å². The van der Waals surface area contributed by atoms with Crippen molar-refractivity contribution in [2.24, 2.45) is 17.5 Å². The summed E-state index contributed by atoms with van der Waals surface area (Å²) in [7, 11) is 1.85. The van der Waals surface area contributed by atoms with Crippen LogP contribution in [0.3, 0.4) is 0 Å². The van der Waals surface area contributed by atoms with Gasteiger partial charge < -0.3 is 10.7 Å². The van der Waals surface area contributed by atoms with E-state index in [0.29, 0.717) is 11.8 Å². The standard InChI is InChI=1S/C20H25N3.C2H6/c1-13(2)18-12-14-8-4-5-9-15(14)20(23(3)22)19(21)17-11-7-6-10-16(17)18;1-2/h4-11,13,18H,12,21-22H2,1-3H3;1-2H3/b20-19-;. The molecular weight excluding hydrogens is 306 g/mol. The van der Waals surface area contributed by atoms with Crippen LogP contribution in [0.1, 0.15) is 55.9 Å². The molecule has 0 fully saturated rings. The highest BCUT2D eigenvalue weighted by molar-refractivity contribution is 5.90. The molecule has 0 aromatic heterocycles. The van der Waals surface area contributed by atoms with Crippen LogP contribution >= 0.6 is 0 Å². The van der Waals surface area contributed by atoms with Gasteiger partial charge >= 0.3 is 0 Å². The van der Waals surface area contributed by atoms with Gasteiger partial charge in [-0.1, -0.05) is 76.2 Å². The average molecular weight is 338 g/mol. The van der Waals surface area contributed by atoms with Crippen molar-refractivity contribution in [2.45, 2.75) is 40.0 Å². The smallest absolute Gasteiger partial charge is 0.0825 e. The number of rotatable bonds is 2. The van der Waals surface area contributed by atoms with Crippen molar-refractivity contribution in [3.8, 4) is 0 Å². The van der Waals surface area contributed by atoms with Crippen molar-refractivity contribution in [1.82, 2.24) is 5.01 Å². The van der Waals surface area contributed by atoms with E-state index < -0.39 is 0 Å². The maximum absolute atomic E-state index is 6.60. The third-order valence-corrected chi connectivity index (χ3v) is 4.78. The van der Waals surface area contributed by atoms with Gasteiger partial charge in [-0.25, -0.2) is 5.84 Å². The summed E-state index contributed by atoms with van der Waals surface area (Å²) < 4.78 is 0. The van der Waals surface area contributed by atoms with Gasteiger partial charge in [0.25, 0.3) is 0 Å². The first-order valence-electron chi connectivity index (χ1n) is 9.16. The molecule has 2 aromatic rings. The number of nitrogens with zero attached hydrogens (tertiary/aromatic N) is 1. The van der Waals surface area contributed by atoms with E-state index in [1.54, 1.807) is 5.01 Å². The molecule has 4 N–H and O–H groups in total. The zero-order valence-corrected chi connectivity index (χ0v) is 16.1. The maximum Gasteiger partial charge on any atom is 0.0825 e. The van der Waals surface area contributed by atoms with Gasteiger partial charge in [-0.05, 0) is 29.4 Å². The highest BCUT2D eigenvalue weighted by Gasteiger charge is 2.26. The number of hydrogen-bond acceptors (Lipinski definition) is 3. The molecule has 1 atom stereocenters. The van der Waals surface area contributed by atoms with Gasteiger partial charge in [0, 0.05) is 18.2 Å². The number of fused-ring (bicyclic) bond motifs is 2. The third-order valence-electron chi connectivity index (χ3n) is 4.78. The Kier molecular flexibility index (Phi) is 6.27. The van der Waals surface area contributed by atoms with E-state index in [-0.39, 0.29) is 0 Å². The Morgan fingerprint density at radius 2 is 1.52 bits per heavy atom. The van der Waals surface area contributed by atoms with Crippen LogP contribution in [0.4, 0.5) is 0 Å². The van der Waals surface area contributed by atoms with E-state index in [0.717, 1.165) is 28.9 Å². The zero-order chi connectivity index (χ0) is 18.6. The Balaban J connectivity index is 0.00000109. The van der Waals surface area contributed by atoms with Crippen LogP contribution in [-0.2, 0) is 6.42 Å². The van der Waals surface area contributed by atoms with Crippen LogP contribution in [0.5, 0.6) is 0 Å². The summed E-state index contributed by atoms with van der Waals surface area (Å²) in [5.41, 5.74) is 13.1. The zero-order valence-electron chi connectivity index (χ0n) is 16.1. The van der Waals surface area contributed by atoms with Gasteiger partial charge in [-0.15, -0.1) is 0 Å². The minimum atomic E-state index is 0.440. The molecule has 1 aliphatic carbocycles. The van der Waals surface area contributed by atoms with Crippen LogP contribution in [0.15, 0.2) is 48.5 Å². The summed E-state index contributed by atoms with van der Waals surface area (Å²) in [5.74, 6) is 7.12. The second-order valence-electron chi connectivity index (χ2n) is 6.67. The maximum atomic E-state index is 6.60. The highest BCUT2D eigenvalue weighted by Crippen LogP contribution is 2.39. The first kappa shape index (κ1) is 19.1. The largest absolute Gasteiger partial charge is 0.396 e. The second-order valence-corrected chi connectivity index (χ2v) is 6.67. The van der Waals surface area contributed by atoms with Crippen LogP contribution < -0.4 is 11.6 Å². The lowest BCUT2D eigenvalue weighted by Crippen LogP contribution is -2.29. The first-order chi connectivity index (χ1) is 12.0. The molecule has 0 spiro atoms. The fourth-order valence-corrected chi connectivity index (χ4v) is 3.59. The fourth-order valence-electron chi connectivity index (χ4n) is 3.59. The summed E-state index contributed by atoms with van der Waals surface area (Å²) in [5, 5.41) is 1.64. The summed E-state index contributed by atoms with van der Waals surface area (Å²) in [4.78, 5) is 0. The Hall–Kier alpha value is -2.26. The van der Waals surface area contributed by atoms with E-state index >= 15 is 0 Å². The van der Waals surface area contributed by atoms with Crippen molar-refractivity contribution in [3.63, 3.8) is 0 Å². The first-order valence-corrected chi connectivity index (χ1v) is 9.16. The topological polar surface area (TPSA) is 55.3 Å². The predicted octanol–water partition coefficient (Wildman–Crippen LogP) is 4.60. The molecule has 0 saturated carbocycles. The van der Waals surface area contributed by atoms with Crippen molar-refractivity contribution >= 4 is 11.4 Å². The number of nitrogens with two attached hydrogens (primary N) is 2. The molecule has 0 bridgehead atoms.